The van der Waals surface area contributed by atoms with Gasteiger partial charge in [0.1, 0.15) is 0 Å². The number of aromatic nitrogens is 2. The van der Waals surface area contributed by atoms with Crippen molar-refractivity contribution in [3.8, 4) is 78.1 Å². The van der Waals surface area contributed by atoms with E-state index < -0.39 is 0 Å². The van der Waals surface area contributed by atoms with Crippen molar-refractivity contribution in [2.75, 3.05) is 4.90 Å². The van der Waals surface area contributed by atoms with Gasteiger partial charge in [0.2, 0.25) is 0 Å². The molecule has 0 atom stereocenters. The number of benzene rings is 13. The smallest absolute Gasteiger partial charge is 0.0619 e. The first-order valence-electron chi connectivity index (χ1n) is 27.8. The average Bonchev–Trinajstić information content (AvgIpc) is 4.13. The van der Waals surface area contributed by atoms with Gasteiger partial charge in [0.15, 0.2) is 0 Å². The van der Waals surface area contributed by atoms with Gasteiger partial charge in [-0.1, -0.05) is 218 Å². The fourth-order valence-corrected chi connectivity index (χ4v) is 12.2. The van der Waals surface area contributed by atoms with Crippen molar-refractivity contribution in [3.63, 3.8) is 0 Å². The van der Waals surface area contributed by atoms with Crippen molar-refractivity contribution in [1.29, 1.82) is 0 Å². The molecule has 2 aromatic heterocycles. The standard InChI is InChI=1S/C78H53N3/c1-6-18-54(19-7-1)58-30-40-66(41-31-58)79(67-42-32-59(33-43-67)55-20-8-2-9-21-55)68-44-36-61(37-45-68)64-52-71(78-74(53-64)70-28-16-17-29-75(70)81(78)65-26-14-5-15-27-65)63-39-49-77-73(51-63)72-50-62(57-24-12-4-13-25-57)38-48-76(72)80(77)69-46-34-60(35-47-69)56-22-10-3-11-23-56/h1-53H. The fourth-order valence-electron chi connectivity index (χ4n) is 12.2. The highest BCUT2D eigenvalue weighted by atomic mass is 15.1. The zero-order valence-corrected chi connectivity index (χ0v) is 44.4. The average molecular weight is 1030 g/mol. The van der Waals surface area contributed by atoms with Gasteiger partial charge in [-0.3, -0.25) is 0 Å². The zero-order chi connectivity index (χ0) is 53.6. The molecule has 0 aliphatic rings. The predicted molar refractivity (Wildman–Crippen MR) is 342 cm³/mol. The second kappa shape index (κ2) is 20.2. The molecule has 15 rings (SSSR count). The predicted octanol–water partition coefficient (Wildman–Crippen LogP) is 21.4. The molecule has 13 aromatic carbocycles. The summed E-state index contributed by atoms with van der Waals surface area (Å²) in [5.41, 5.74) is 24.3. The number of hydrogen-bond donors (Lipinski definition) is 0. The van der Waals surface area contributed by atoms with E-state index in [1.54, 1.807) is 0 Å². The maximum absolute atomic E-state index is 2.46. The molecule has 0 unspecified atom stereocenters. The maximum Gasteiger partial charge on any atom is 0.0619 e. The Bertz CT molecular complexity index is 4640. The molecule has 2 heterocycles. The van der Waals surface area contributed by atoms with Crippen molar-refractivity contribution in [2.24, 2.45) is 0 Å². The third-order valence-corrected chi connectivity index (χ3v) is 16.1. The summed E-state index contributed by atoms with van der Waals surface area (Å²) in [5.74, 6) is 0. The summed E-state index contributed by atoms with van der Waals surface area (Å²) in [7, 11) is 0. The molecule has 3 nitrogen and oxygen atoms in total. The molecule has 0 aliphatic carbocycles. The van der Waals surface area contributed by atoms with Crippen LogP contribution in [0.4, 0.5) is 17.1 Å². The summed E-state index contributed by atoms with van der Waals surface area (Å²) in [6.07, 6.45) is 0. The van der Waals surface area contributed by atoms with Gasteiger partial charge in [-0.2, -0.15) is 0 Å². The summed E-state index contributed by atoms with van der Waals surface area (Å²) in [4.78, 5) is 2.36. The summed E-state index contributed by atoms with van der Waals surface area (Å²) in [6, 6.07) is 117. The Morgan fingerprint density at radius 1 is 0.198 bits per heavy atom. The van der Waals surface area contributed by atoms with Crippen LogP contribution in [0, 0.1) is 0 Å². The molecule has 0 bridgehead atoms. The largest absolute Gasteiger partial charge is 0.311 e. The zero-order valence-electron chi connectivity index (χ0n) is 44.4. The van der Waals surface area contributed by atoms with Crippen molar-refractivity contribution in [3.05, 3.63) is 322 Å². The van der Waals surface area contributed by atoms with Gasteiger partial charge >= 0.3 is 0 Å². The van der Waals surface area contributed by atoms with Crippen molar-refractivity contribution < 1.29 is 0 Å². The normalized spacial score (nSPS) is 11.5. The molecule has 81 heavy (non-hydrogen) atoms. The number of fused-ring (bicyclic) bond motifs is 6. The number of para-hydroxylation sites is 2. The van der Waals surface area contributed by atoms with E-state index in [-0.39, 0.29) is 0 Å². The number of rotatable bonds is 11. The molecule has 0 fully saturated rings. The Morgan fingerprint density at radius 3 is 1.02 bits per heavy atom. The van der Waals surface area contributed by atoms with E-state index in [9.17, 15) is 0 Å². The highest BCUT2D eigenvalue weighted by Gasteiger charge is 2.22. The lowest BCUT2D eigenvalue weighted by Gasteiger charge is -2.26. The van der Waals surface area contributed by atoms with Gasteiger partial charge in [-0.05, 0) is 164 Å². The Morgan fingerprint density at radius 2 is 0.531 bits per heavy atom. The minimum atomic E-state index is 1.08. The van der Waals surface area contributed by atoms with Gasteiger partial charge in [-0.15, -0.1) is 0 Å². The van der Waals surface area contributed by atoms with Crippen molar-refractivity contribution in [1.82, 2.24) is 9.13 Å². The third-order valence-electron chi connectivity index (χ3n) is 16.1. The van der Waals surface area contributed by atoms with Crippen LogP contribution in [0.5, 0.6) is 0 Å². The number of hydrogen-bond acceptors (Lipinski definition) is 1. The summed E-state index contributed by atoms with van der Waals surface area (Å²) >= 11 is 0. The van der Waals surface area contributed by atoms with E-state index in [4.69, 9.17) is 0 Å². The topological polar surface area (TPSA) is 13.1 Å². The minimum Gasteiger partial charge on any atom is -0.311 e. The van der Waals surface area contributed by atoms with Gasteiger partial charge in [0.25, 0.3) is 0 Å². The summed E-state index contributed by atoms with van der Waals surface area (Å²) in [6.45, 7) is 0. The fraction of sp³-hybridized carbons (Fsp3) is 0. The van der Waals surface area contributed by atoms with E-state index in [1.165, 1.54) is 88.2 Å². The molecule has 0 amide bonds. The van der Waals surface area contributed by atoms with E-state index in [1.807, 2.05) is 0 Å². The Kier molecular flexibility index (Phi) is 11.9. The highest BCUT2D eigenvalue weighted by molar-refractivity contribution is 6.17. The lowest BCUT2D eigenvalue weighted by atomic mass is 9.94. The van der Waals surface area contributed by atoms with Crippen LogP contribution in [0.3, 0.4) is 0 Å². The van der Waals surface area contributed by atoms with Gasteiger partial charge < -0.3 is 14.0 Å². The molecule has 0 aliphatic heterocycles. The monoisotopic (exact) mass is 1030 g/mol. The van der Waals surface area contributed by atoms with Crippen LogP contribution in [-0.2, 0) is 0 Å². The van der Waals surface area contributed by atoms with Crippen LogP contribution in [0.1, 0.15) is 0 Å². The first-order valence-corrected chi connectivity index (χ1v) is 27.8. The first-order chi connectivity index (χ1) is 40.2. The molecule has 0 spiro atoms. The Labute approximate surface area is 471 Å². The van der Waals surface area contributed by atoms with Gasteiger partial charge in [0.05, 0.1) is 22.1 Å². The van der Waals surface area contributed by atoms with Crippen LogP contribution in [-0.4, -0.2) is 9.13 Å². The quantitative estimate of drug-likeness (QED) is 0.126. The molecule has 0 N–H and O–H groups in total. The molecule has 3 heteroatoms. The van der Waals surface area contributed by atoms with E-state index in [0.717, 1.165) is 50.6 Å². The molecular weight excluding hydrogens is 979 g/mol. The van der Waals surface area contributed by atoms with Crippen LogP contribution < -0.4 is 4.90 Å². The Balaban J connectivity index is 0.904. The van der Waals surface area contributed by atoms with Crippen LogP contribution >= 0.6 is 0 Å². The molecule has 15 aromatic rings. The van der Waals surface area contributed by atoms with E-state index >= 15 is 0 Å². The summed E-state index contributed by atoms with van der Waals surface area (Å²) in [5, 5.41) is 4.83. The van der Waals surface area contributed by atoms with Crippen LogP contribution in [0.2, 0.25) is 0 Å². The first kappa shape index (κ1) is 47.5. The van der Waals surface area contributed by atoms with Crippen LogP contribution in [0.25, 0.3) is 122 Å². The lowest BCUT2D eigenvalue weighted by molar-refractivity contribution is 1.18. The lowest BCUT2D eigenvalue weighted by Crippen LogP contribution is -2.09. The highest BCUT2D eigenvalue weighted by Crippen LogP contribution is 2.45. The molecule has 0 saturated carbocycles. The second-order valence-corrected chi connectivity index (χ2v) is 20.9. The minimum absolute atomic E-state index is 1.08. The maximum atomic E-state index is 2.46. The molecule has 0 saturated heterocycles. The molecular formula is C78H53N3. The van der Waals surface area contributed by atoms with Crippen molar-refractivity contribution >= 4 is 60.7 Å². The van der Waals surface area contributed by atoms with E-state index in [2.05, 4.69) is 336 Å². The van der Waals surface area contributed by atoms with Gasteiger partial charge in [0, 0.05) is 55.5 Å². The Hall–Kier alpha value is -10.7. The molecule has 380 valence electrons. The van der Waals surface area contributed by atoms with Crippen molar-refractivity contribution in [2.45, 2.75) is 0 Å². The summed E-state index contributed by atoms with van der Waals surface area (Å²) < 4.78 is 4.90. The SMILES string of the molecule is c1ccc(-c2ccc(N(c3ccc(-c4ccccc4)cc3)c3ccc(-c4cc(-c5ccc6c(c5)c5cc(-c7ccccc7)ccc5n6-c5ccc(-c6ccccc6)cc5)c5c(c4)c4ccccc4n5-c4ccccc4)cc3)cc2)cc1. The van der Waals surface area contributed by atoms with Crippen LogP contribution in [0.15, 0.2) is 322 Å². The number of nitrogens with zero attached hydrogens (tertiary/aromatic N) is 3. The number of anilines is 3. The third kappa shape index (κ3) is 8.66. The van der Waals surface area contributed by atoms with E-state index in [0.29, 0.717) is 0 Å². The second-order valence-electron chi connectivity index (χ2n) is 20.9. The van der Waals surface area contributed by atoms with Gasteiger partial charge in [-0.25, -0.2) is 0 Å². The molecule has 0 radical (unpaired) electrons.